The third kappa shape index (κ3) is 10.5. The van der Waals surface area contributed by atoms with E-state index < -0.39 is 40.0 Å². The molecule has 252 valence electrons. The van der Waals surface area contributed by atoms with Gasteiger partial charge in [-0.2, -0.15) is 0 Å². The van der Waals surface area contributed by atoms with E-state index in [1.54, 1.807) is 18.2 Å². The number of benzene rings is 4. The number of sulfonamides is 1. The van der Waals surface area contributed by atoms with Crippen LogP contribution in [0.3, 0.4) is 0 Å². The summed E-state index contributed by atoms with van der Waals surface area (Å²) in [5.41, 5.74) is 2.73. The molecule has 2 amide bonds. The number of carbonyl (C=O) groups is 3. The number of carboxylic acids is 1. The van der Waals surface area contributed by atoms with E-state index in [1.807, 2.05) is 67.6 Å². The van der Waals surface area contributed by atoms with Crippen molar-refractivity contribution in [2.24, 2.45) is 0 Å². The van der Waals surface area contributed by atoms with Crippen molar-refractivity contribution in [3.8, 4) is 0 Å². The number of hydrogen-bond acceptors (Lipinski definition) is 7. The number of nitrogens with one attached hydrogen (secondary N) is 4. The lowest BCUT2D eigenvalue weighted by atomic mass is 10.00. The molecule has 12 heteroatoms. The van der Waals surface area contributed by atoms with E-state index >= 15 is 0 Å². The van der Waals surface area contributed by atoms with Gasteiger partial charge in [0.2, 0.25) is 10.0 Å². The zero-order chi connectivity index (χ0) is 34.7. The number of rotatable bonds is 16. The minimum Gasteiger partial charge on any atom is -0.478 e. The van der Waals surface area contributed by atoms with Crippen LogP contribution in [0.15, 0.2) is 103 Å². The van der Waals surface area contributed by atoms with Crippen molar-refractivity contribution in [3.05, 3.63) is 137 Å². The number of hydrogen-bond donors (Lipinski definition) is 6. The van der Waals surface area contributed by atoms with Gasteiger partial charge in [0.15, 0.2) is 0 Å². The van der Waals surface area contributed by atoms with Gasteiger partial charge >= 0.3 is 5.97 Å². The molecule has 0 spiro atoms. The highest BCUT2D eigenvalue weighted by molar-refractivity contribution is 7.92. The second-order valence-electron chi connectivity index (χ2n) is 11.4. The fourth-order valence-corrected chi connectivity index (χ4v) is 5.65. The highest BCUT2D eigenvalue weighted by Crippen LogP contribution is 2.20. The Kier molecular flexibility index (Phi) is 12.4. The Morgan fingerprint density at radius 1 is 0.750 bits per heavy atom. The van der Waals surface area contributed by atoms with Gasteiger partial charge in [-0.25, -0.2) is 13.2 Å². The summed E-state index contributed by atoms with van der Waals surface area (Å²) in [7, 11) is -3.74. The quantitative estimate of drug-likeness (QED) is 0.103. The van der Waals surface area contributed by atoms with Crippen molar-refractivity contribution in [2.45, 2.75) is 45.0 Å². The van der Waals surface area contributed by atoms with Crippen molar-refractivity contribution in [2.75, 3.05) is 17.0 Å². The Balaban J connectivity index is 1.56. The third-order valence-corrected chi connectivity index (χ3v) is 9.00. The van der Waals surface area contributed by atoms with Gasteiger partial charge in [-0.3, -0.25) is 14.3 Å². The van der Waals surface area contributed by atoms with Crippen LogP contribution in [0.1, 0.15) is 67.7 Å². The normalized spacial score (nSPS) is 13.1. The lowest BCUT2D eigenvalue weighted by Crippen LogP contribution is -2.48. The molecule has 4 aromatic carbocycles. The van der Waals surface area contributed by atoms with Gasteiger partial charge in [-0.1, -0.05) is 72.8 Å². The Morgan fingerprint density at radius 2 is 1.35 bits per heavy atom. The Labute approximate surface area is 280 Å². The van der Waals surface area contributed by atoms with Gasteiger partial charge in [-0.05, 0) is 67.3 Å². The first kappa shape index (κ1) is 35.8. The molecule has 3 atom stereocenters. The molecule has 11 nitrogen and oxygen atoms in total. The molecule has 0 heterocycles. The number of carbonyl (C=O) groups excluding carboxylic acids is 2. The molecule has 6 N–H and O–H groups in total. The summed E-state index contributed by atoms with van der Waals surface area (Å²) in [5.74, 6) is -2.38. The van der Waals surface area contributed by atoms with E-state index in [0.717, 1.165) is 11.1 Å². The maximum Gasteiger partial charge on any atom is 0.335 e. The van der Waals surface area contributed by atoms with Crippen molar-refractivity contribution in [1.29, 1.82) is 0 Å². The number of amides is 2. The second kappa shape index (κ2) is 16.7. The van der Waals surface area contributed by atoms with Gasteiger partial charge in [0.05, 0.1) is 35.2 Å². The predicted octanol–water partition coefficient (Wildman–Crippen LogP) is 4.13. The van der Waals surface area contributed by atoms with Gasteiger partial charge < -0.3 is 26.2 Å². The van der Waals surface area contributed by atoms with Crippen molar-refractivity contribution >= 4 is 33.5 Å². The molecule has 4 rings (SSSR count). The molecule has 0 aromatic heterocycles. The van der Waals surface area contributed by atoms with E-state index in [1.165, 1.54) is 31.2 Å². The standard InChI is InChI=1S/C36H40N4O7S/c1-3-48(46,47)40-31-20-29(34(42)38-24(2)27-14-8-5-9-15-27)19-30(21-31)35(43)39-32(18-25-11-6-4-7-12-25)33(41)23-37-22-26-13-10-16-28(17-26)36(44)45/h4-17,19-21,24,32-33,37,40-41H,3,18,22-23H2,1-2H3,(H,38,42)(H,39,43)(H,44,45)/t24-,32?,33?/m1/s1. The molecule has 0 bridgehead atoms. The fraction of sp³-hybridized carbons (Fsp3) is 0.250. The minimum atomic E-state index is -3.74. The number of carboxylic acid groups (broad SMARTS) is 1. The van der Waals surface area contributed by atoms with Crippen LogP contribution in [0.25, 0.3) is 0 Å². The summed E-state index contributed by atoms with van der Waals surface area (Å²) in [6, 6.07) is 28.0. The smallest absolute Gasteiger partial charge is 0.335 e. The average molecular weight is 673 g/mol. The molecule has 0 saturated heterocycles. The van der Waals surface area contributed by atoms with Crippen molar-refractivity contribution < 1.29 is 33.0 Å². The zero-order valence-corrected chi connectivity index (χ0v) is 27.5. The van der Waals surface area contributed by atoms with E-state index in [4.69, 9.17) is 0 Å². The van der Waals surface area contributed by atoms with E-state index in [0.29, 0.717) is 5.56 Å². The minimum absolute atomic E-state index is 0.0209. The molecule has 2 unspecified atom stereocenters. The van der Waals surface area contributed by atoms with Gasteiger partial charge in [0, 0.05) is 24.2 Å². The first-order chi connectivity index (χ1) is 22.9. The summed E-state index contributed by atoms with van der Waals surface area (Å²) < 4.78 is 27.3. The van der Waals surface area contributed by atoms with E-state index in [-0.39, 0.29) is 53.7 Å². The molecule has 0 fully saturated rings. The maximum absolute atomic E-state index is 13.7. The molecule has 4 aromatic rings. The summed E-state index contributed by atoms with van der Waals surface area (Å²) in [6.07, 6.45) is -0.804. The Hall–Kier alpha value is -5.04. The van der Waals surface area contributed by atoms with Crippen LogP contribution in [-0.4, -0.2) is 60.9 Å². The Morgan fingerprint density at radius 3 is 1.98 bits per heavy atom. The lowest BCUT2D eigenvalue weighted by Gasteiger charge is -2.25. The number of aliphatic hydroxyl groups excluding tert-OH is 1. The summed E-state index contributed by atoms with van der Waals surface area (Å²) in [4.78, 5) is 38.4. The molecule has 0 aliphatic carbocycles. The van der Waals surface area contributed by atoms with Crippen LogP contribution in [0.4, 0.5) is 5.69 Å². The highest BCUT2D eigenvalue weighted by atomic mass is 32.2. The van der Waals surface area contributed by atoms with Crippen LogP contribution in [-0.2, 0) is 23.0 Å². The first-order valence-electron chi connectivity index (χ1n) is 15.5. The number of anilines is 1. The molecule has 0 saturated carbocycles. The van der Waals surface area contributed by atoms with Crippen molar-refractivity contribution in [1.82, 2.24) is 16.0 Å². The molecule has 0 radical (unpaired) electrons. The van der Waals surface area contributed by atoms with Crippen LogP contribution < -0.4 is 20.7 Å². The highest BCUT2D eigenvalue weighted by Gasteiger charge is 2.24. The first-order valence-corrected chi connectivity index (χ1v) is 17.2. The summed E-state index contributed by atoms with van der Waals surface area (Å²) >= 11 is 0. The van der Waals surface area contributed by atoms with Crippen LogP contribution in [0.2, 0.25) is 0 Å². The largest absolute Gasteiger partial charge is 0.478 e. The molecule has 0 aliphatic rings. The van der Waals surface area contributed by atoms with Gasteiger partial charge in [0.25, 0.3) is 11.8 Å². The van der Waals surface area contributed by atoms with Gasteiger partial charge in [-0.15, -0.1) is 0 Å². The van der Waals surface area contributed by atoms with Crippen LogP contribution >= 0.6 is 0 Å². The summed E-state index contributed by atoms with van der Waals surface area (Å²) in [6.45, 7) is 3.64. The molecule has 48 heavy (non-hydrogen) atoms. The third-order valence-electron chi connectivity index (χ3n) is 7.69. The zero-order valence-electron chi connectivity index (χ0n) is 26.7. The Bertz CT molecular complexity index is 1820. The van der Waals surface area contributed by atoms with Crippen LogP contribution in [0.5, 0.6) is 0 Å². The monoisotopic (exact) mass is 672 g/mol. The van der Waals surface area contributed by atoms with E-state index in [2.05, 4.69) is 20.7 Å². The number of aliphatic hydroxyl groups is 1. The maximum atomic E-state index is 13.7. The number of aromatic carboxylic acids is 1. The topological polar surface area (TPSA) is 174 Å². The van der Waals surface area contributed by atoms with Crippen LogP contribution in [0, 0.1) is 0 Å². The fourth-order valence-electron chi connectivity index (χ4n) is 5.03. The van der Waals surface area contributed by atoms with Crippen molar-refractivity contribution in [3.63, 3.8) is 0 Å². The molecular formula is C36H40N4O7S. The van der Waals surface area contributed by atoms with Gasteiger partial charge in [0.1, 0.15) is 0 Å². The predicted molar refractivity (Wildman–Crippen MR) is 184 cm³/mol. The lowest BCUT2D eigenvalue weighted by molar-refractivity contribution is 0.0696. The summed E-state index contributed by atoms with van der Waals surface area (Å²) in [5, 5.41) is 29.4. The molecule has 0 aliphatic heterocycles. The molecular weight excluding hydrogens is 632 g/mol. The average Bonchev–Trinajstić information content (AvgIpc) is 3.08. The van der Waals surface area contributed by atoms with E-state index in [9.17, 15) is 33.0 Å². The SMILES string of the molecule is CCS(=O)(=O)Nc1cc(C(=O)NC(Cc2ccccc2)C(O)CNCc2cccc(C(=O)O)c2)cc(C(=O)N[C@H](C)c2ccccc2)c1. The second-order valence-corrected chi connectivity index (χ2v) is 13.4.